The number of hydrogen-bond donors (Lipinski definition) is 3. The molecule has 2 rings (SSSR count). The number of aryl methyl sites for hydroxylation is 1. The van der Waals surface area contributed by atoms with Crippen molar-refractivity contribution < 1.29 is 4.79 Å². The molecule has 0 aliphatic heterocycles. The first kappa shape index (κ1) is 18.0. The summed E-state index contributed by atoms with van der Waals surface area (Å²) in [4.78, 5) is 20.5. The van der Waals surface area contributed by atoms with Gasteiger partial charge in [0, 0.05) is 30.7 Å². The average Bonchev–Trinajstić information content (AvgIpc) is 2.54. The summed E-state index contributed by atoms with van der Waals surface area (Å²) in [5, 5.41) is 9.89. The minimum atomic E-state index is -0.0219. The van der Waals surface area contributed by atoms with E-state index >= 15 is 0 Å². The van der Waals surface area contributed by atoms with Crippen LogP contribution in [0.3, 0.4) is 0 Å². The molecule has 1 aromatic carbocycles. The molecule has 0 spiro atoms. The fraction of sp³-hybridized carbons (Fsp3) is 0.353. The molecule has 0 radical (unpaired) electrons. The number of amides is 1. The number of hydrogen-bond acceptors (Lipinski definition) is 5. The number of rotatable bonds is 8. The lowest BCUT2D eigenvalue weighted by atomic mass is 10.1. The van der Waals surface area contributed by atoms with Gasteiger partial charge in [0.1, 0.15) is 17.5 Å². The third-order valence-electron chi connectivity index (χ3n) is 3.23. The van der Waals surface area contributed by atoms with Crippen LogP contribution in [0, 0.1) is 6.92 Å². The van der Waals surface area contributed by atoms with E-state index in [1.165, 1.54) is 0 Å². The van der Waals surface area contributed by atoms with Crippen LogP contribution in [0.4, 0.5) is 11.6 Å². The summed E-state index contributed by atoms with van der Waals surface area (Å²) in [6, 6.07) is 9.13. The van der Waals surface area contributed by atoms with E-state index in [-0.39, 0.29) is 5.91 Å². The summed E-state index contributed by atoms with van der Waals surface area (Å²) in [6.07, 6.45) is 0.342. The predicted octanol–water partition coefficient (Wildman–Crippen LogP) is 2.64. The molecule has 7 heteroatoms. The lowest BCUT2D eigenvalue weighted by molar-refractivity contribution is -0.120. The second kappa shape index (κ2) is 9.08. The van der Waals surface area contributed by atoms with Crippen molar-refractivity contribution in [2.45, 2.75) is 20.3 Å². The van der Waals surface area contributed by atoms with Crippen LogP contribution in [0.1, 0.15) is 18.3 Å². The van der Waals surface area contributed by atoms with Crippen molar-refractivity contribution in [1.82, 2.24) is 15.3 Å². The van der Waals surface area contributed by atoms with Gasteiger partial charge in [-0.2, -0.15) is 0 Å². The van der Waals surface area contributed by atoms with Crippen LogP contribution in [-0.4, -0.2) is 35.5 Å². The number of anilines is 2. The Labute approximate surface area is 147 Å². The number of nitrogens with zero attached hydrogens (tertiary/aromatic N) is 2. The topological polar surface area (TPSA) is 78.9 Å². The molecule has 1 heterocycles. The molecule has 0 aliphatic carbocycles. The Bertz CT molecular complexity index is 675. The van der Waals surface area contributed by atoms with Gasteiger partial charge in [0.15, 0.2) is 0 Å². The zero-order valence-corrected chi connectivity index (χ0v) is 14.7. The van der Waals surface area contributed by atoms with E-state index in [0.717, 1.165) is 23.7 Å². The monoisotopic (exact) mass is 347 g/mol. The Morgan fingerprint density at radius 3 is 2.42 bits per heavy atom. The second-order valence-electron chi connectivity index (χ2n) is 5.30. The summed E-state index contributed by atoms with van der Waals surface area (Å²) in [6.45, 7) is 5.78. The van der Waals surface area contributed by atoms with E-state index in [0.29, 0.717) is 30.4 Å². The van der Waals surface area contributed by atoms with Crippen molar-refractivity contribution in [3.63, 3.8) is 0 Å². The highest BCUT2D eigenvalue weighted by Gasteiger charge is 2.04. The third kappa shape index (κ3) is 6.04. The summed E-state index contributed by atoms with van der Waals surface area (Å²) in [5.74, 6) is 2.21. The highest BCUT2D eigenvalue weighted by molar-refractivity contribution is 6.30. The Morgan fingerprint density at radius 1 is 1.08 bits per heavy atom. The predicted molar refractivity (Wildman–Crippen MR) is 97.6 cm³/mol. The molecule has 0 unspecified atom stereocenters. The van der Waals surface area contributed by atoms with Gasteiger partial charge in [-0.3, -0.25) is 4.79 Å². The highest BCUT2D eigenvalue weighted by atomic mass is 35.5. The number of carbonyl (C=O) groups excluding carboxylic acids is 1. The molecule has 1 aromatic heterocycles. The fourth-order valence-electron chi connectivity index (χ4n) is 2.17. The smallest absolute Gasteiger partial charge is 0.224 e. The molecule has 0 aliphatic rings. The lowest BCUT2D eigenvalue weighted by Crippen LogP contribution is -2.30. The first-order valence-electron chi connectivity index (χ1n) is 7.91. The van der Waals surface area contributed by atoms with E-state index < -0.39 is 0 Å². The number of benzene rings is 1. The number of halogens is 1. The van der Waals surface area contributed by atoms with E-state index in [2.05, 4.69) is 25.9 Å². The maximum atomic E-state index is 11.9. The van der Waals surface area contributed by atoms with Gasteiger partial charge in [0.05, 0.1) is 6.42 Å². The quantitative estimate of drug-likeness (QED) is 0.640. The van der Waals surface area contributed by atoms with Gasteiger partial charge < -0.3 is 16.0 Å². The maximum Gasteiger partial charge on any atom is 0.224 e. The number of carbonyl (C=O) groups is 1. The summed E-state index contributed by atoms with van der Waals surface area (Å²) in [5.41, 5.74) is 0.937. The first-order valence-corrected chi connectivity index (χ1v) is 8.29. The lowest BCUT2D eigenvalue weighted by Gasteiger charge is -2.10. The zero-order valence-electron chi connectivity index (χ0n) is 13.9. The van der Waals surface area contributed by atoms with Gasteiger partial charge in [-0.25, -0.2) is 9.97 Å². The molecule has 2 aromatic rings. The maximum absolute atomic E-state index is 11.9. The molecule has 24 heavy (non-hydrogen) atoms. The van der Waals surface area contributed by atoms with Gasteiger partial charge in [-0.05, 0) is 31.5 Å². The molecule has 0 atom stereocenters. The van der Waals surface area contributed by atoms with E-state index in [1.807, 2.05) is 32.0 Å². The Kier molecular flexibility index (Phi) is 6.81. The molecule has 0 fully saturated rings. The van der Waals surface area contributed by atoms with Crippen LogP contribution in [-0.2, 0) is 11.2 Å². The Balaban J connectivity index is 1.74. The SMILES string of the molecule is CCNc1cc(NCCNC(=O)Cc2ccc(Cl)cc2)nc(C)n1. The molecule has 6 nitrogen and oxygen atoms in total. The van der Waals surface area contributed by atoms with Crippen LogP contribution >= 0.6 is 11.6 Å². The highest BCUT2D eigenvalue weighted by Crippen LogP contribution is 2.11. The first-order chi connectivity index (χ1) is 11.6. The standard InChI is InChI=1S/C17H22ClN5O/c1-3-19-15-11-16(23-12(2)22-15)20-8-9-21-17(24)10-13-4-6-14(18)7-5-13/h4-7,11H,3,8-10H2,1-2H3,(H,21,24)(H2,19,20,22,23). The molecular weight excluding hydrogens is 326 g/mol. The van der Waals surface area contributed by atoms with Crippen molar-refractivity contribution in [3.05, 3.63) is 46.7 Å². The molecule has 1 amide bonds. The number of nitrogens with one attached hydrogen (secondary N) is 3. The van der Waals surface area contributed by atoms with Gasteiger partial charge in [-0.15, -0.1) is 0 Å². The second-order valence-corrected chi connectivity index (χ2v) is 5.73. The third-order valence-corrected chi connectivity index (χ3v) is 3.48. The minimum Gasteiger partial charge on any atom is -0.370 e. The van der Waals surface area contributed by atoms with Gasteiger partial charge in [0.25, 0.3) is 0 Å². The Morgan fingerprint density at radius 2 is 1.75 bits per heavy atom. The van der Waals surface area contributed by atoms with Crippen LogP contribution in [0.25, 0.3) is 0 Å². The van der Waals surface area contributed by atoms with Crippen molar-refractivity contribution in [1.29, 1.82) is 0 Å². The average molecular weight is 348 g/mol. The summed E-state index contributed by atoms with van der Waals surface area (Å²) in [7, 11) is 0. The minimum absolute atomic E-state index is 0.0219. The summed E-state index contributed by atoms with van der Waals surface area (Å²) < 4.78 is 0. The number of aromatic nitrogens is 2. The summed E-state index contributed by atoms with van der Waals surface area (Å²) >= 11 is 5.83. The molecule has 128 valence electrons. The van der Waals surface area contributed by atoms with Gasteiger partial charge >= 0.3 is 0 Å². The van der Waals surface area contributed by atoms with Crippen LogP contribution in [0.2, 0.25) is 5.02 Å². The van der Waals surface area contributed by atoms with Crippen LogP contribution in [0.5, 0.6) is 0 Å². The van der Waals surface area contributed by atoms with Crippen LogP contribution < -0.4 is 16.0 Å². The molecular formula is C17H22ClN5O. The fourth-order valence-corrected chi connectivity index (χ4v) is 2.30. The van der Waals surface area contributed by atoms with Gasteiger partial charge in [-0.1, -0.05) is 23.7 Å². The zero-order chi connectivity index (χ0) is 17.4. The van der Waals surface area contributed by atoms with Crippen LogP contribution in [0.15, 0.2) is 30.3 Å². The molecule has 0 saturated carbocycles. The van der Waals surface area contributed by atoms with Gasteiger partial charge in [0.2, 0.25) is 5.91 Å². The van der Waals surface area contributed by atoms with Crippen molar-refractivity contribution in [2.24, 2.45) is 0 Å². The largest absolute Gasteiger partial charge is 0.370 e. The van der Waals surface area contributed by atoms with E-state index in [1.54, 1.807) is 12.1 Å². The van der Waals surface area contributed by atoms with Crippen molar-refractivity contribution in [2.75, 3.05) is 30.3 Å². The Hall–Kier alpha value is -2.34. The molecule has 0 bridgehead atoms. The molecule has 0 saturated heterocycles. The van der Waals surface area contributed by atoms with Crippen molar-refractivity contribution >= 4 is 29.1 Å². The normalized spacial score (nSPS) is 10.3. The van der Waals surface area contributed by atoms with Crippen molar-refractivity contribution in [3.8, 4) is 0 Å². The van der Waals surface area contributed by atoms with E-state index in [4.69, 9.17) is 11.6 Å². The van der Waals surface area contributed by atoms with E-state index in [9.17, 15) is 4.79 Å². The molecule has 3 N–H and O–H groups in total.